The van der Waals surface area contributed by atoms with Gasteiger partial charge in [0.2, 0.25) is 0 Å². The van der Waals surface area contributed by atoms with E-state index in [9.17, 15) is 0 Å². The first-order valence-corrected chi connectivity index (χ1v) is 6.11. The zero-order valence-electron chi connectivity index (χ0n) is 11.2. The second-order valence-corrected chi connectivity index (χ2v) is 3.43. The number of hydrogen-bond donors (Lipinski definition) is 2. The SMILES string of the molecule is C=CCCOCCNC(N)=NCCCOCC.I. The molecule has 0 aliphatic heterocycles. The van der Waals surface area contributed by atoms with Crippen molar-refractivity contribution < 1.29 is 9.47 Å². The van der Waals surface area contributed by atoms with Gasteiger partial charge in [0.25, 0.3) is 0 Å². The van der Waals surface area contributed by atoms with Gasteiger partial charge >= 0.3 is 0 Å². The normalized spacial score (nSPS) is 10.8. The highest BCUT2D eigenvalue weighted by Gasteiger charge is 1.91. The Hall–Kier alpha value is -0.340. The molecule has 0 aliphatic carbocycles. The van der Waals surface area contributed by atoms with Crippen LogP contribution in [-0.2, 0) is 9.47 Å². The topological polar surface area (TPSA) is 68.9 Å². The number of nitrogens with two attached hydrogens (primary N) is 1. The Kier molecular flexibility index (Phi) is 18.5. The van der Waals surface area contributed by atoms with Gasteiger partial charge in [0.1, 0.15) is 0 Å². The van der Waals surface area contributed by atoms with Gasteiger partial charge in [-0.1, -0.05) is 6.08 Å². The molecule has 0 aromatic carbocycles. The van der Waals surface area contributed by atoms with E-state index in [2.05, 4.69) is 16.9 Å². The van der Waals surface area contributed by atoms with Crippen LogP contribution < -0.4 is 11.1 Å². The van der Waals surface area contributed by atoms with Crippen LogP contribution in [0.15, 0.2) is 17.6 Å². The highest BCUT2D eigenvalue weighted by atomic mass is 127. The third kappa shape index (κ3) is 15.7. The number of guanidine groups is 1. The average molecular weight is 371 g/mol. The number of ether oxygens (including phenoxy) is 2. The van der Waals surface area contributed by atoms with Crippen LogP contribution in [0.3, 0.4) is 0 Å². The number of halogens is 1. The number of nitrogens with one attached hydrogen (secondary N) is 1. The zero-order valence-corrected chi connectivity index (χ0v) is 13.5. The van der Waals surface area contributed by atoms with E-state index in [1.165, 1.54) is 0 Å². The summed E-state index contributed by atoms with van der Waals surface area (Å²) in [5, 5.41) is 2.99. The first kappa shape index (κ1) is 20.0. The minimum Gasteiger partial charge on any atom is -0.382 e. The maximum atomic E-state index is 5.66. The van der Waals surface area contributed by atoms with Gasteiger partial charge in [-0.15, -0.1) is 30.6 Å². The summed E-state index contributed by atoms with van der Waals surface area (Å²) in [6.07, 6.45) is 3.61. The lowest BCUT2D eigenvalue weighted by atomic mass is 10.4. The summed E-state index contributed by atoms with van der Waals surface area (Å²) in [6.45, 7) is 9.78. The van der Waals surface area contributed by atoms with Gasteiger partial charge in [0.05, 0.1) is 13.2 Å². The van der Waals surface area contributed by atoms with Gasteiger partial charge in [-0.2, -0.15) is 0 Å². The molecule has 0 amide bonds. The number of hydrogen-bond acceptors (Lipinski definition) is 3. The number of aliphatic imine (C=N–C) groups is 1. The first-order chi connectivity index (χ1) is 8.31. The van der Waals surface area contributed by atoms with Crippen molar-refractivity contribution in [3.05, 3.63) is 12.7 Å². The summed E-state index contributed by atoms with van der Waals surface area (Å²) >= 11 is 0. The summed E-state index contributed by atoms with van der Waals surface area (Å²) < 4.78 is 10.5. The second kappa shape index (κ2) is 16.7. The van der Waals surface area contributed by atoms with Crippen molar-refractivity contribution in [3.8, 4) is 0 Å². The van der Waals surface area contributed by atoms with Crippen LogP contribution in [0.1, 0.15) is 19.8 Å². The molecule has 0 aliphatic rings. The van der Waals surface area contributed by atoms with Crippen LogP contribution in [-0.4, -0.2) is 45.5 Å². The molecule has 5 nitrogen and oxygen atoms in total. The molecule has 0 unspecified atom stereocenters. The molecule has 0 spiro atoms. The average Bonchev–Trinajstić information content (AvgIpc) is 2.33. The van der Waals surface area contributed by atoms with Crippen LogP contribution in [0, 0.1) is 0 Å². The fourth-order valence-electron chi connectivity index (χ4n) is 1.09. The van der Waals surface area contributed by atoms with Crippen molar-refractivity contribution in [1.82, 2.24) is 5.32 Å². The Morgan fingerprint density at radius 1 is 1.33 bits per heavy atom. The van der Waals surface area contributed by atoms with Crippen molar-refractivity contribution in [2.24, 2.45) is 10.7 Å². The summed E-state index contributed by atoms with van der Waals surface area (Å²) in [5.74, 6) is 0.466. The monoisotopic (exact) mass is 371 g/mol. The van der Waals surface area contributed by atoms with Crippen molar-refractivity contribution in [2.75, 3.05) is 39.5 Å². The van der Waals surface area contributed by atoms with Crippen LogP contribution in [0.25, 0.3) is 0 Å². The third-order valence-electron chi connectivity index (χ3n) is 1.95. The highest BCUT2D eigenvalue weighted by molar-refractivity contribution is 14.0. The van der Waals surface area contributed by atoms with Gasteiger partial charge < -0.3 is 20.5 Å². The lowest BCUT2D eigenvalue weighted by molar-refractivity contribution is 0.143. The standard InChI is InChI=1S/C12H25N3O2.HI/c1-3-5-9-17-11-8-15-12(13)14-7-6-10-16-4-2;/h3H,1,4-11H2,2H3,(H3,13,14,15);1H. The highest BCUT2D eigenvalue weighted by Crippen LogP contribution is 1.84. The molecule has 0 heterocycles. The maximum absolute atomic E-state index is 5.66. The summed E-state index contributed by atoms with van der Waals surface area (Å²) in [6, 6.07) is 0. The molecule has 18 heavy (non-hydrogen) atoms. The molecule has 108 valence electrons. The van der Waals surface area contributed by atoms with Crippen LogP contribution >= 0.6 is 24.0 Å². The van der Waals surface area contributed by atoms with Gasteiger partial charge in [0, 0.05) is 26.3 Å². The zero-order chi connectivity index (χ0) is 12.8. The minimum atomic E-state index is 0. The Balaban J connectivity index is 0. The van der Waals surface area contributed by atoms with Crippen molar-refractivity contribution in [1.29, 1.82) is 0 Å². The molecule has 0 saturated carbocycles. The predicted octanol–water partition coefficient (Wildman–Crippen LogP) is 1.53. The fourth-order valence-corrected chi connectivity index (χ4v) is 1.09. The third-order valence-corrected chi connectivity index (χ3v) is 1.95. The van der Waals surface area contributed by atoms with E-state index in [1.54, 1.807) is 0 Å². The molecule has 0 saturated heterocycles. The molecular weight excluding hydrogens is 345 g/mol. The van der Waals surface area contributed by atoms with Gasteiger partial charge in [-0.3, -0.25) is 4.99 Å². The van der Waals surface area contributed by atoms with E-state index < -0.39 is 0 Å². The van der Waals surface area contributed by atoms with E-state index >= 15 is 0 Å². The molecule has 0 bridgehead atoms. The molecule has 3 N–H and O–H groups in total. The largest absolute Gasteiger partial charge is 0.382 e. The maximum Gasteiger partial charge on any atom is 0.188 e. The number of nitrogens with zero attached hydrogens (tertiary/aromatic N) is 1. The van der Waals surface area contributed by atoms with Crippen LogP contribution in [0.2, 0.25) is 0 Å². The summed E-state index contributed by atoms with van der Waals surface area (Å²) in [7, 11) is 0. The molecule has 0 aromatic rings. The Morgan fingerprint density at radius 2 is 2.11 bits per heavy atom. The lowest BCUT2D eigenvalue weighted by Crippen LogP contribution is -2.34. The van der Waals surface area contributed by atoms with Crippen molar-refractivity contribution in [3.63, 3.8) is 0 Å². The minimum absolute atomic E-state index is 0. The lowest BCUT2D eigenvalue weighted by Gasteiger charge is -2.06. The van der Waals surface area contributed by atoms with E-state index in [4.69, 9.17) is 15.2 Å². The smallest absolute Gasteiger partial charge is 0.188 e. The second-order valence-electron chi connectivity index (χ2n) is 3.43. The van der Waals surface area contributed by atoms with Gasteiger partial charge in [-0.25, -0.2) is 0 Å². The molecule has 0 fully saturated rings. The van der Waals surface area contributed by atoms with E-state index in [-0.39, 0.29) is 24.0 Å². The first-order valence-electron chi connectivity index (χ1n) is 6.11. The Morgan fingerprint density at radius 3 is 2.78 bits per heavy atom. The van der Waals surface area contributed by atoms with Crippen LogP contribution in [0.4, 0.5) is 0 Å². The van der Waals surface area contributed by atoms with Gasteiger partial charge in [-0.05, 0) is 19.8 Å². The van der Waals surface area contributed by atoms with E-state index in [1.807, 2.05) is 13.0 Å². The van der Waals surface area contributed by atoms with Gasteiger partial charge in [0.15, 0.2) is 5.96 Å². The molecule has 0 atom stereocenters. The van der Waals surface area contributed by atoms with Crippen molar-refractivity contribution >= 4 is 29.9 Å². The van der Waals surface area contributed by atoms with E-state index in [0.717, 1.165) is 26.1 Å². The molecule has 0 rings (SSSR count). The van der Waals surface area contributed by atoms with E-state index in [0.29, 0.717) is 32.3 Å². The van der Waals surface area contributed by atoms with Crippen LogP contribution in [0.5, 0.6) is 0 Å². The summed E-state index contributed by atoms with van der Waals surface area (Å²) in [5.41, 5.74) is 5.66. The molecule has 6 heteroatoms. The fraction of sp³-hybridized carbons (Fsp3) is 0.750. The Labute approximate surface area is 127 Å². The molecule has 0 aromatic heterocycles. The molecule has 0 radical (unpaired) electrons. The van der Waals surface area contributed by atoms with Crippen molar-refractivity contribution in [2.45, 2.75) is 19.8 Å². The molecular formula is C12H26IN3O2. The Bertz CT molecular complexity index is 213. The quantitative estimate of drug-likeness (QED) is 0.190. The summed E-state index contributed by atoms with van der Waals surface area (Å²) in [4.78, 5) is 4.16. The predicted molar refractivity (Wildman–Crippen MR) is 86.7 cm³/mol. The number of rotatable bonds is 11.